The minimum absolute atomic E-state index is 0.00411. The molecule has 0 radical (unpaired) electrons. The predicted molar refractivity (Wildman–Crippen MR) is 80.2 cm³/mol. The second-order valence-corrected chi connectivity index (χ2v) is 4.88. The van der Waals surface area contributed by atoms with Crippen molar-refractivity contribution < 1.29 is 9.53 Å². The zero-order chi connectivity index (χ0) is 14.5. The molecule has 21 heavy (non-hydrogen) atoms. The Morgan fingerprint density at radius 2 is 2.19 bits per heavy atom. The Morgan fingerprint density at radius 3 is 3.05 bits per heavy atom. The quantitative estimate of drug-likeness (QED) is 0.926. The van der Waals surface area contributed by atoms with Crippen molar-refractivity contribution in [3.05, 3.63) is 54.4 Å². The van der Waals surface area contributed by atoms with Gasteiger partial charge in [-0.05, 0) is 23.8 Å². The number of hydrogen-bond acceptors (Lipinski definition) is 4. The molecule has 1 amide bonds. The summed E-state index contributed by atoms with van der Waals surface area (Å²) >= 11 is 0. The fraction of sp³-hybridized carbons (Fsp3) is 0.250. The highest BCUT2D eigenvalue weighted by Gasteiger charge is 2.19. The van der Waals surface area contributed by atoms with E-state index in [9.17, 15) is 4.79 Å². The first-order valence-corrected chi connectivity index (χ1v) is 6.95. The van der Waals surface area contributed by atoms with Crippen molar-refractivity contribution in [1.82, 2.24) is 10.3 Å². The van der Waals surface area contributed by atoms with Crippen molar-refractivity contribution >= 4 is 11.6 Å². The van der Waals surface area contributed by atoms with E-state index in [1.165, 1.54) is 0 Å². The van der Waals surface area contributed by atoms with E-state index in [2.05, 4.69) is 10.3 Å². The first-order chi connectivity index (χ1) is 10.3. The largest absolute Gasteiger partial charge is 0.490 e. The fourth-order valence-corrected chi connectivity index (χ4v) is 2.32. The highest BCUT2D eigenvalue weighted by molar-refractivity contribution is 5.82. The lowest BCUT2D eigenvalue weighted by molar-refractivity contribution is -0.120. The molecule has 1 aliphatic heterocycles. The van der Waals surface area contributed by atoms with Gasteiger partial charge in [-0.3, -0.25) is 9.78 Å². The maximum Gasteiger partial charge on any atom is 0.239 e. The highest BCUT2D eigenvalue weighted by atomic mass is 16.5. The maximum absolute atomic E-state index is 12.1. The second-order valence-electron chi connectivity index (χ2n) is 4.88. The zero-order valence-corrected chi connectivity index (χ0v) is 11.7. The molecule has 2 heterocycles. The lowest BCUT2D eigenvalue weighted by Crippen LogP contribution is -2.41. The number of carbonyl (C=O) groups excluding carboxylic acids is 1. The molecule has 2 aromatic rings. The Bertz CT molecular complexity index is 616. The van der Waals surface area contributed by atoms with Crippen LogP contribution in [-0.2, 0) is 11.3 Å². The van der Waals surface area contributed by atoms with Crippen LogP contribution in [0.4, 0.5) is 5.69 Å². The van der Waals surface area contributed by atoms with Gasteiger partial charge in [-0.25, -0.2) is 0 Å². The van der Waals surface area contributed by atoms with Gasteiger partial charge in [0.25, 0.3) is 0 Å². The average molecular weight is 283 g/mol. The summed E-state index contributed by atoms with van der Waals surface area (Å²) in [5.41, 5.74) is 1.97. The first-order valence-electron chi connectivity index (χ1n) is 6.95. The van der Waals surface area contributed by atoms with Gasteiger partial charge in [-0.1, -0.05) is 18.2 Å². The zero-order valence-electron chi connectivity index (χ0n) is 11.7. The lowest BCUT2D eigenvalue weighted by atomic mass is 10.2. The molecule has 5 heteroatoms. The SMILES string of the molecule is O=C(CN1CCOc2ccccc21)NCc1cccnc1. The van der Waals surface area contributed by atoms with Gasteiger partial charge in [-0.2, -0.15) is 0 Å². The van der Waals surface area contributed by atoms with Crippen LogP contribution in [0.15, 0.2) is 48.8 Å². The number of benzene rings is 1. The molecule has 0 saturated heterocycles. The van der Waals surface area contributed by atoms with Gasteiger partial charge >= 0.3 is 0 Å². The van der Waals surface area contributed by atoms with E-state index in [0.717, 1.165) is 23.5 Å². The topological polar surface area (TPSA) is 54.5 Å². The summed E-state index contributed by atoms with van der Waals surface area (Å²) in [5.74, 6) is 0.833. The molecular weight excluding hydrogens is 266 g/mol. The number of rotatable bonds is 4. The van der Waals surface area contributed by atoms with Crippen molar-refractivity contribution in [2.75, 3.05) is 24.6 Å². The molecule has 0 unspecified atom stereocenters. The molecule has 1 aromatic carbocycles. The Labute approximate surface area is 123 Å². The molecule has 1 aromatic heterocycles. The van der Waals surface area contributed by atoms with E-state index in [4.69, 9.17) is 4.74 Å². The molecular formula is C16H17N3O2. The van der Waals surface area contributed by atoms with Crippen LogP contribution in [0.1, 0.15) is 5.56 Å². The van der Waals surface area contributed by atoms with Gasteiger partial charge in [0.2, 0.25) is 5.91 Å². The van der Waals surface area contributed by atoms with Crippen LogP contribution in [0.3, 0.4) is 0 Å². The Balaban J connectivity index is 1.58. The van der Waals surface area contributed by atoms with Crippen LogP contribution in [0.2, 0.25) is 0 Å². The summed E-state index contributed by atoms with van der Waals surface area (Å²) in [6.45, 7) is 2.16. The van der Waals surface area contributed by atoms with Crippen LogP contribution in [0.25, 0.3) is 0 Å². The molecule has 3 rings (SSSR count). The van der Waals surface area contributed by atoms with E-state index in [1.807, 2.05) is 41.3 Å². The van der Waals surface area contributed by atoms with Crippen molar-refractivity contribution in [1.29, 1.82) is 0 Å². The van der Waals surface area contributed by atoms with Crippen LogP contribution < -0.4 is 15.0 Å². The summed E-state index contributed by atoms with van der Waals surface area (Å²) in [5, 5.41) is 2.92. The van der Waals surface area contributed by atoms with E-state index in [-0.39, 0.29) is 5.91 Å². The van der Waals surface area contributed by atoms with Crippen molar-refractivity contribution in [2.45, 2.75) is 6.54 Å². The van der Waals surface area contributed by atoms with Crippen LogP contribution in [-0.4, -0.2) is 30.6 Å². The Morgan fingerprint density at radius 1 is 1.29 bits per heavy atom. The maximum atomic E-state index is 12.1. The molecule has 0 spiro atoms. The molecule has 0 fully saturated rings. The number of carbonyl (C=O) groups is 1. The standard InChI is InChI=1S/C16H17N3O2/c20-16(18-11-13-4-3-7-17-10-13)12-19-8-9-21-15-6-2-1-5-14(15)19/h1-7,10H,8-9,11-12H2,(H,18,20). The number of para-hydroxylation sites is 2. The number of anilines is 1. The number of ether oxygens (including phenoxy) is 1. The first kappa shape index (κ1) is 13.4. The minimum atomic E-state index is -0.00411. The molecule has 0 saturated carbocycles. The summed E-state index contributed by atoms with van der Waals surface area (Å²) in [7, 11) is 0. The normalized spacial score (nSPS) is 13.2. The third-order valence-corrected chi connectivity index (χ3v) is 3.37. The third kappa shape index (κ3) is 3.31. The minimum Gasteiger partial charge on any atom is -0.490 e. The van der Waals surface area contributed by atoms with Crippen molar-refractivity contribution in [2.24, 2.45) is 0 Å². The number of amides is 1. The molecule has 0 aliphatic carbocycles. The molecule has 1 N–H and O–H groups in total. The molecule has 108 valence electrons. The number of nitrogens with zero attached hydrogens (tertiary/aromatic N) is 2. The predicted octanol–water partition coefficient (Wildman–Crippen LogP) is 1.60. The van der Waals surface area contributed by atoms with Crippen molar-refractivity contribution in [3.8, 4) is 5.75 Å². The summed E-state index contributed by atoms with van der Waals surface area (Å²) in [6, 6.07) is 11.6. The van der Waals surface area contributed by atoms with Crippen LogP contribution >= 0.6 is 0 Å². The van der Waals surface area contributed by atoms with Gasteiger partial charge < -0.3 is 15.0 Å². The lowest BCUT2D eigenvalue weighted by Gasteiger charge is -2.30. The summed E-state index contributed by atoms with van der Waals surface area (Å²) in [4.78, 5) is 18.1. The molecule has 0 atom stereocenters. The van der Waals surface area contributed by atoms with Gasteiger partial charge in [0.1, 0.15) is 12.4 Å². The number of hydrogen-bond donors (Lipinski definition) is 1. The summed E-state index contributed by atoms with van der Waals surface area (Å²) in [6.07, 6.45) is 3.47. The van der Waals surface area contributed by atoms with E-state index < -0.39 is 0 Å². The van der Waals surface area contributed by atoms with Gasteiger partial charge in [0, 0.05) is 18.9 Å². The number of nitrogens with one attached hydrogen (secondary N) is 1. The van der Waals surface area contributed by atoms with E-state index in [1.54, 1.807) is 12.4 Å². The van der Waals surface area contributed by atoms with Crippen LogP contribution in [0.5, 0.6) is 5.75 Å². The van der Waals surface area contributed by atoms with Crippen LogP contribution in [0, 0.1) is 0 Å². The average Bonchev–Trinajstić information content (AvgIpc) is 2.54. The number of aromatic nitrogens is 1. The van der Waals surface area contributed by atoms with E-state index in [0.29, 0.717) is 19.7 Å². The fourth-order valence-electron chi connectivity index (χ4n) is 2.32. The Hall–Kier alpha value is -2.56. The number of fused-ring (bicyclic) bond motifs is 1. The summed E-state index contributed by atoms with van der Waals surface area (Å²) < 4.78 is 5.58. The third-order valence-electron chi connectivity index (χ3n) is 3.37. The van der Waals surface area contributed by atoms with Crippen molar-refractivity contribution in [3.63, 3.8) is 0 Å². The van der Waals surface area contributed by atoms with E-state index >= 15 is 0 Å². The second kappa shape index (κ2) is 6.26. The number of pyridine rings is 1. The van der Waals surface area contributed by atoms with Gasteiger partial charge in [-0.15, -0.1) is 0 Å². The molecule has 1 aliphatic rings. The molecule has 0 bridgehead atoms. The van der Waals surface area contributed by atoms with Gasteiger partial charge in [0.05, 0.1) is 18.8 Å². The monoisotopic (exact) mass is 283 g/mol. The molecule has 5 nitrogen and oxygen atoms in total. The highest BCUT2D eigenvalue weighted by Crippen LogP contribution is 2.30. The van der Waals surface area contributed by atoms with Gasteiger partial charge in [0.15, 0.2) is 0 Å². The smallest absolute Gasteiger partial charge is 0.239 e. The Kier molecular flexibility index (Phi) is 4.00.